The van der Waals surface area contributed by atoms with Crippen molar-refractivity contribution in [2.24, 2.45) is 0 Å². The zero-order valence-corrected chi connectivity index (χ0v) is 11.1. The van der Waals surface area contributed by atoms with Gasteiger partial charge in [0.05, 0.1) is 11.9 Å². The van der Waals surface area contributed by atoms with E-state index < -0.39 is 0 Å². The molecule has 0 bridgehead atoms. The van der Waals surface area contributed by atoms with Crippen LogP contribution in [-0.2, 0) is 6.42 Å². The number of anilines is 1. The van der Waals surface area contributed by atoms with Gasteiger partial charge in [0.2, 0.25) is 0 Å². The minimum absolute atomic E-state index is 0.491. The predicted molar refractivity (Wildman–Crippen MR) is 67.1 cm³/mol. The number of aromatic nitrogens is 2. The van der Waals surface area contributed by atoms with Gasteiger partial charge in [-0.05, 0) is 35.2 Å². The van der Waals surface area contributed by atoms with Crippen LogP contribution in [0.25, 0.3) is 0 Å². The van der Waals surface area contributed by atoms with Gasteiger partial charge in [-0.1, -0.05) is 20.8 Å². The molecule has 0 amide bonds. The topological polar surface area (TPSA) is 37.8 Å². The fourth-order valence-electron chi connectivity index (χ4n) is 1.46. The molecule has 0 aromatic carbocycles. The fourth-order valence-corrected chi connectivity index (χ4v) is 1.77. The molecule has 0 radical (unpaired) electrons. The van der Waals surface area contributed by atoms with Crippen molar-refractivity contribution in [3.05, 3.63) is 16.5 Å². The summed E-state index contributed by atoms with van der Waals surface area (Å²) in [5.41, 5.74) is 1.02. The van der Waals surface area contributed by atoms with Crippen molar-refractivity contribution in [1.82, 2.24) is 9.97 Å². The standard InChI is InChI=1S/C11H18BrN3/c1-4-8(5-2)14-11-9(6-3)15-10(12)7-13-11/h7-8H,4-6H2,1-3H3,(H,13,14). The van der Waals surface area contributed by atoms with E-state index in [0.29, 0.717) is 6.04 Å². The molecular formula is C11H18BrN3. The lowest BCUT2D eigenvalue weighted by molar-refractivity contribution is 0.665. The molecular weight excluding hydrogens is 254 g/mol. The summed E-state index contributed by atoms with van der Waals surface area (Å²) in [6.45, 7) is 6.45. The number of halogens is 1. The largest absolute Gasteiger partial charge is 0.366 e. The molecule has 1 heterocycles. The smallest absolute Gasteiger partial charge is 0.148 e. The summed E-state index contributed by atoms with van der Waals surface area (Å²) in [5.74, 6) is 0.925. The summed E-state index contributed by atoms with van der Waals surface area (Å²) in [4.78, 5) is 8.77. The molecule has 0 atom stereocenters. The Morgan fingerprint density at radius 3 is 2.53 bits per heavy atom. The van der Waals surface area contributed by atoms with Crippen LogP contribution in [0.5, 0.6) is 0 Å². The van der Waals surface area contributed by atoms with Crippen molar-refractivity contribution < 1.29 is 0 Å². The Kier molecular flexibility index (Phi) is 5.02. The Morgan fingerprint density at radius 2 is 2.00 bits per heavy atom. The monoisotopic (exact) mass is 271 g/mol. The van der Waals surface area contributed by atoms with Crippen molar-refractivity contribution in [3.63, 3.8) is 0 Å². The first-order chi connectivity index (χ1) is 7.21. The average molecular weight is 272 g/mol. The quantitative estimate of drug-likeness (QED) is 0.892. The Balaban J connectivity index is 2.83. The molecule has 1 aromatic rings. The minimum Gasteiger partial charge on any atom is -0.366 e. The molecule has 0 saturated carbocycles. The third-order valence-electron chi connectivity index (χ3n) is 2.48. The molecule has 0 fully saturated rings. The van der Waals surface area contributed by atoms with Crippen LogP contribution in [0.4, 0.5) is 5.82 Å². The van der Waals surface area contributed by atoms with Gasteiger partial charge in [-0.3, -0.25) is 0 Å². The van der Waals surface area contributed by atoms with E-state index in [4.69, 9.17) is 0 Å². The van der Waals surface area contributed by atoms with E-state index in [2.05, 4.69) is 52.0 Å². The van der Waals surface area contributed by atoms with Crippen molar-refractivity contribution >= 4 is 21.7 Å². The van der Waals surface area contributed by atoms with Gasteiger partial charge in [0, 0.05) is 6.04 Å². The number of aryl methyl sites for hydroxylation is 1. The maximum Gasteiger partial charge on any atom is 0.148 e. The van der Waals surface area contributed by atoms with Crippen LogP contribution in [0, 0.1) is 0 Å². The van der Waals surface area contributed by atoms with Crippen LogP contribution >= 0.6 is 15.9 Å². The molecule has 1 aromatic heterocycles. The average Bonchev–Trinajstić information content (AvgIpc) is 2.27. The number of rotatable bonds is 5. The highest BCUT2D eigenvalue weighted by atomic mass is 79.9. The van der Waals surface area contributed by atoms with Gasteiger partial charge in [0.1, 0.15) is 10.4 Å². The van der Waals surface area contributed by atoms with Crippen LogP contribution in [0.15, 0.2) is 10.8 Å². The van der Waals surface area contributed by atoms with Crippen LogP contribution in [0.2, 0.25) is 0 Å². The Bertz CT molecular complexity index is 311. The van der Waals surface area contributed by atoms with Gasteiger partial charge >= 0.3 is 0 Å². The highest BCUT2D eigenvalue weighted by Gasteiger charge is 2.09. The van der Waals surface area contributed by atoms with E-state index in [0.717, 1.165) is 35.4 Å². The second kappa shape index (κ2) is 6.05. The normalized spacial score (nSPS) is 10.7. The van der Waals surface area contributed by atoms with E-state index in [1.165, 1.54) is 0 Å². The number of hydrogen-bond acceptors (Lipinski definition) is 3. The molecule has 0 aliphatic carbocycles. The summed E-state index contributed by atoms with van der Waals surface area (Å²) < 4.78 is 0.800. The zero-order chi connectivity index (χ0) is 11.3. The molecule has 1 N–H and O–H groups in total. The summed E-state index contributed by atoms with van der Waals surface area (Å²) >= 11 is 3.34. The van der Waals surface area contributed by atoms with Crippen molar-refractivity contribution in [3.8, 4) is 0 Å². The third-order valence-corrected chi connectivity index (χ3v) is 2.86. The molecule has 0 unspecified atom stereocenters. The molecule has 0 aliphatic rings. The lowest BCUT2D eigenvalue weighted by Gasteiger charge is -2.17. The molecule has 0 saturated heterocycles. The summed E-state index contributed by atoms with van der Waals surface area (Å²) in [6.07, 6.45) is 4.85. The molecule has 84 valence electrons. The highest BCUT2D eigenvalue weighted by molar-refractivity contribution is 9.10. The second-order valence-electron chi connectivity index (χ2n) is 3.50. The van der Waals surface area contributed by atoms with Gasteiger partial charge in [0.25, 0.3) is 0 Å². The lowest BCUT2D eigenvalue weighted by atomic mass is 10.1. The first kappa shape index (κ1) is 12.4. The van der Waals surface area contributed by atoms with Gasteiger partial charge in [-0.15, -0.1) is 0 Å². The van der Waals surface area contributed by atoms with Crippen molar-refractivity contribution in [2.45, 2.75) is 46.1 Å². The van der Waals surface area contributed by atoms with Gasteiger partial charge in [0.15, 0.2) is 0 Å². The van der Waals surface area contributed by atoms with Crippen LogP contribution < -0.4 is 5.32 Å². The molecule has 3 nitrogen and oxygen atoms in total. The number of nitrogens with one attached hydrogen (secondary N) is 1. The first-order valence-electron chi connectivity index (χ1n) is 5.49. The lowest BCUT2D eigenvalue weighted by Crippen LogP contribution is -2.19. The second-order valence-corrected chi connectivity index (χ2v) is 4.31. The molecule has 0 aliphatic heterocycles. The molecule has 4 heteroatoms. The summed E-state index contributed by atoms with van der Waals surface area (Å²) in [6, 6.07) is 0.491. The van der Waals surface area contributed by atoms with E-state index >= 15 is 0 Å². The SMILES string of the molecule is CCc1nc(Br)cnc1NC(CC)CC. The van der Waals surface area contributed by atoms with Crippen LogP contribution in [0.1, 0.15) is 39.3 Å². The third kappa shape index (κ3) is 3.45. The van der Waals surface area contributed by atoms with Crippen LogP contribution in [-0.4, -0.2) is 16.0 Å². The Labute approximate surface area is 99.8 Å². The fraction of sp³-hybridized carbons (Fsp3) is 0.636. The summed E-state index contributed by atoms with van der Waals surface area (Å²) in [7, 11) is 0. The van der Waals surface area contributed by atoms with E-state index in [1.54, 1.807) is 6.20 Å². The number of hydrogen-bond donors (Lipinski definition) is 1. The maximum atomic E-state index is 4.40. The zero-order valence-electron chi connectivity index (χ0n) is 9.55. The minimum atomic E-state index is 0.491. The van der Waals surface area contributed by atoms with E-state index in [1.807, 2.05) is 0 Å². The van der Waals surface area contributed by atoms with E-state index in [9.17, 15) is 0 Å². The predicted octanol–water partition coefficient (Wildman–Crippen LogP) is 3.40. The Hall–Kier alpha value is -0.640. The van der Waals surface area contributed by atoms with Crippen molar-refractivity contribution in [1.29, 1.82) is 0 Å². The first-order valence-corrected chi connectivity index (χ1v) is 6.28. The molecule has 15 heavy (non-hydrogen) atoms. The highest BCUT2D eigenvalue weighted by Crippen LogP contribution is 2.16. The number of nitrogens with zero attached hydrogens (tertiary/aromatic N) is 2. The molecule has 1 rings (SSSR count). The van der Waals surface area contributed by atoms with E-state index in [-0.39, 0.29) is 0 Å². The van der Waals surface area contributed by atoms with Crippen LogP contribution in [0.3, 0.4) is 0 Å². The summed E-state index contributed by atoms with van der Waals surface area (Å²) in [5, 5.41) is 3.43. The Morgan fingerprint density at radius 1 is 1.33 bits per heavy atom. The van der Waals surface area contributed by atoms with Gasteiger partial charge in [-0.25, -0.2) is 9.97 Å². The van der Waals surface area contributed by atoms with Crippen molar-refractivity contribution in [2.75, 3.05) is 5.32 Å². The molecule has 0 spiro atoms. The van der Waals surface area contributed by atoms with Gasteiger partial charge in [-0.2, -0.15) is 0 Å². The maximum absolute atomic E-state index is 4.40. The van der Waals surface area contributed by atoms with Gasteiger partial charge < -0.3 is 5.32 Å².